The zero-order valence-electron chi connectivity index (χ0n) is 11.7. The van der Waals surface area contributed by atoms with E-state index in [1.165, 1.54) is 9.35 Å². The Kier molecular flexibility index (Phi) is 6.01. The molecule has 1 aliphatic heterocycles. The van der Waals surface area contributed by atoms with Crippen LogP contribution in [0.25, 0.3) is 0 Å². The van der Waals surface area contributed by atoms with Crippen LogP contribution in [0.3, 0.4) is 0 Å². The molecule has 0 spiro atoms. The number of thiophene rings is 1. The lowest BCUT2D eigenvalue weighted by Crippen LogP contribution is -2.46. The average molecular weight is 361 g/mol. The highest BCUT2D eigenvalue weighted by molar-refractivity contribution is 9.11. The molecule has 0 unspecified atom stereocenters. The van der Waals surface area contributed by atoms with Gasteiger partial charge in [0, 0.05) is 12.6 Å². The van der Waals surface area contributed by atoms with Gasteiger partial charge in [-0.15, -0.1) is 11.3 Å². The number of carboxylic acids is 1. The molecule has 1 saturated heterocycles. The van der Waals surface area contributed by atoms with Gasteiger partial charge < -0.3 is 5.11 Å². The van der Waals surface area contributed by atoms with E-state index in [9.17, 15) is 4.79 Å². The van der Waals surface area contributed by atoms with Crippen LogP contribution in [-0.4, -0.2) is 53.1 Å². The number of aliphatic carboxylic acids is 1. The minimum atomic E-state index is -0.725. The molecule has 112 valence electrons. The monoisotopic (exact) mass is 360 g/mol. The lowest BCUT2D eigenvalue weighted by atomic mass is 10.0. The third-order valence-corrected chi connectivity index (χ3v) is 5.40. The fraction of sp³-hybridized carbons (Fsp3) is 0.643. The maximum Gasteiger partial charge on any atom is 0.317 e. The Labute approximate surface area is 132 Å². The van der Waals surface area contributed by atoms with Crippen LogP contribution in [0.1, 0.15) is 25.3 Å². The highest BCUT2D eigenvalue weighted by Crippen LogP contribution is 2.23. The van der Waals surface area contributed by atoms with Crippen LogP contribution in [0, 0.1) is 0 Å². The largest absolute Gasteiger partial charge is 0.480 e. The Morgan fingerprint density at radius 3 is 2.75 bits per heavy atom. The molecule has 0 aliphatic carbocycles. The average Bonchev–Trinajstić information content (AvgIpc) is 2.82. The van der Waals surface area contributed by atoms with E-state index in [0.29, 0.717) is 6.04 Å². The molecule has 1 aliphatic rings. The molecule has 4 nitrogen and oxygen atoms in total. The fourth-order valence-electron chi connectivity index (χ4n) is 2.80. The van der Waals surface area contributed by atoms with Crippen LogP contribution >= 0.6 is 27.3 Å². The maximum atomic E-state index is 10.9. The summed E-state index contributed by atoms with van der Waals surface area (Å²) in [5.41, 5.74) is 1.36. The highest BCUT2D eigenvalue weighted by atomic mass is 79.9. The summed E-state index contributed by atoms with van der Waals surface area (Å²) in [7, 11) is 0. The normalized spacial score (nSPS) is 17.8. The number of halogens is 1. The molecule has 1 aromatic heterocycles. The number of carbonyl (C=O) groups is 1. The third-order valence-electron chi connectivity index (χ3n) is 3.85. The van der Waals surface area contributed by atoms with E-state index in [-0.39, 0.29) is 6.54 Å². The van der Waals surface area contributed by atoms with Gasteiger partial charge in [-0.05, 0) is 65.4 Å². The van der Waals surface area contributed by atoms with Crippen LogP contribution in [-0.2, 0) is 11.3 Å². The number of hydrogen-bond acceptors (Lipinski definition) is 4. The lowest BCUT2D eigenvalue weighted by molar-refractivity contribution is -0.139. The van der Waals surface area contributed by atoms with Crippen molar-refractivity contribution in [3.63, 3.8) is 0 Å². The predicted octanol–water partition coefficient (Wildman–Crippen LogP) is 2.88. The minimum Gasteiger partial charge on any atom is -0.480 e. The second kappa shape index (κ2) is 7.54. The van der Waals surface area contributed by atoms with E-state index in [2.05, 4.69) is 37.2 Å². The summed E-state index contributed by atoms with van der Waals surface area (Å²) in [6.07, 6.45) is 2.12. The Bertz CT molecular complexity index is 444. The van der Waals surface area contributed by atoms with Gasteiger partial charge >= 0.3 is 5.97 Å². The molecule has 0 radical (unpaired) electrons. The van der Waals surface area contributed by atoms with E-state index >= 15 is 0 Å². The van der Waals surface area contributed by atoms with E-state index in [0.717, 1.165) is 39.0 Å². The van der Waals surface area contributed by atoms with Crippen LogP contribution < -0.4 is 0 Å². The standard InChI is InChI=1S/C14H21BrN2O2S/c1-2-17(9-14(18)19)12-3-5-16(6-4-12)8-11-7-13(15)20-10-11/h7,10,12H,2-6,8-9H2,1H3,(H,18,19). The molecule has 0 amide bonds. The number of piperidine rings is 1. The molecular weight excluding hydrogens is 340 g/mol. The van der Waals surface area contributed by atoms with Gasteiger partial charge in [-0.1, -0.05) is 6.92 Å². The van der Waals surface area contributed by atoms with Gasteiger partial charge in [-0.3, -0.25) is 14.6 Å². The number of hydrogen-bond donors (Lipinski definition) is 1. The first-order chi connectivity index (χ1) is 9.58. The quantitative estimate of drug-likeness (QED) is 0.846. The maximum absolute atomic E-state index is 10.9. The third kappa shape index (κ3) is 4.55. The van der Waals surface area contributed by atoms with Crippen LogP contribution in [0.2, 0.25) is 0 Å². The van der Waals surface area contributed by atoms with Gasteiger partial charge in [0.15, 0.2) is 0 Å². The van der Waals surface area contributed by atoms with Crippen LogP contribution in [0.5, 0.6) is 0 Å². The molecule has 2 heterocycles. The molecule has 0 bridgehead atoms. The highest BCUT2D eigenvalue weighted by Gasteiger charge is 2.25. The van der Waals surface area contributed by atoms with Crippen molar-refractivity contribution >= 4 is 33.2 Å². The van der Waals surface area contributed by atoms with Crippen molar-refractivity contribution in [1.29, 1.82) is 0 Å². The summed E-state index contributed by atoms with van der Waals surface area (Å²) in [4.78, 5) is 15.4. The molecule has 2 rings (SSSR count). The van der Waals surface area contributed by atoms with E-state index in [1.807, 2.05) is 6.92 Å². The summed E-state index contributed by atoms with van der Waals surface area (Å²) < 4.78 is 1.18. The molecule has 20 heavy (non-hydrogen) atoms. The second-order valence-corrected chi connectivity index (χ2v) is 7.51. The van der Waals surface area contributed by atoms with Gasteiger partial charge in [0.1, 0.15) is 0 Å². The second-order valence-electron chi connectivity index (χ2n) is 5.22. The number of nitrogens with zero attached hydrogens (tertiary/aromatic N) is 2. The summed E-state index contributed by atoms with van der Waals surface area (Å²) in [5, 5.41) is 11.1. The zero-order valence-corrected chi connectivity index (χ0v) is 14.1. The van der Waals surface area contributed by atoms with E-state index < -0.39 is 5.97 Å². The molecule has 1 N–H and O–H groups in total. The lowest BCUT2D eigenvalue weighted by Gasteiger charge is -2.37. The van der Waals surface area contributed by atoms with Crippen LogP contribution in [0.15, 0.2) is 15.2 Å². The van der Waals surface area contributed by atoms with Crippen molar-refractivity contribution < 1.29 is 9.90 Å². The SMILES string of the molecule is CCN(CC(=O)O)C1CCN(Cc2csc(Br)c2)CC1. The molecule has 0 atom stereocenters. The number of likely N-dealkylation sites (N-methyl/N-ethyl adjacent to an activating group) is 1. The predicted molar refractivity (Wildman–Crippen MR) is 85.2 cm³/mol. The van der Waals surface area contributed by atoms with E-state index in [4.69, 9.17) is 5.11 Å². The number of likely N-dealkylation sites (tertiary alicyclic amines) is 1. The molecule has 0 saturated carbocycles. The Morgan fingerprint density at radius 1 is 1.55 bits per heavy atom. The van der Waals surface area contributed by atoms with Gasteiger partial charge in [-0.2, -0.15) is 0 Å². The topological polar surface area (TPSA) is 43.8 Å². The minimum absolute atomic E-state index is 0.165. The van der Waals surface area contributed by atoms with Crippen molar-refractivity contribution in [3.8, 4) is 0 Å². The zero-order chi connectivity index (χ0) is 14.5. The number of rotatable bonds is 6. The van der Waals surface area contributed by atoms with Crippen molar-refractivity contribution in [2.24, 2.45) is 0 Å². The molecule has 6 heteroatoms. The Hall–Kier alpha value is -0.430. The smallest absolute Gasteiger partial charge is 0.317 e. The van der Waals surface area contributed by atoms with E-state index in [1.54, 1.807) is 11.3 Å². The Balaban J connectivity index is 1.80. The molecule has 1 aromatic rings. The summed E-state index contributed by atoms with van der Waals surface area (Å²) in [6, 6.07) is 2.60. The first kappa shape index (κ1) is 15.9. The summed E-state index contributed by atoms with van der Waals surface area (Å²) >= 11 is 5.22. The number of carboxylic acid groups (broad SMARTS) is 1. The van der Waals surface area contributed by atoms with Crippen molar-refractivity contribution in [1.82, 2.24) is 9.80 Å². The van der Waals surface area contributed by atoms with Crippen molar-refractivity contribution in [3.05, 3.63) is 20.8 Å². The van der Waals surface area contributed by atoms with Crippen LogP contribution in [0.4, 0.5) is 0 Å². The van der Waals surface area contributed by atoms with Gasteiger partial charge in [0.2, 0.25) is 0 Å². The van der Waals surface area contributed by atoms with Gasteiger partial charge in [-0.25, -0.2) is 0 Å². The van der Waals surface area contributed by atoms with Gasteiger partial charge in [0.25, 0.3) is 0 Å². The first-order valence-corrected chi connectivity index (χ1v) is 8.67. The fourth-order valence-corrected chi connectivity index (χ4v) is 4.00. The Morgan fingerprint density at radius 2 is 2.25 bits per heavy atom. The first-order valence-electron chi connectivity index (χ1n) is 6.99. The molecule has 1 fully saturated rings. The molecule has 0 aromatic carbocycles. The van der Waals surface area contributed by atoms with Gasteiger partial charge in [0.05, 0.1) is 10.3 Å². The molecular formula is C14H21BrN2O2S. The summed E-state index contributed by atoms with van der Waals surface area (Å²) in [6.45, 7) is 6.12. The summed E-state index contributed by atoms with van der Waals surface area (Å²) in [5.74, 6) is -0.725. The van der Waals surface area contributed by atoms with Crippen molar-refractivity contribution in [2.75, 3.05) is 26.2 Å². The van der Waals surface area contributed by atoms with Crippen molar-refractivity contribution in [2.45, 2.75) is 32.4 Å².